The van der Waals surface area contributed by atoms with Crippen LogP contribution >= 0.6 is 0 Å². The summed E-state index contributed by atoms with van der Waals surface area (Å²) in [5.74, 6) is 1.79. The van der Waals surface area contributed by atoms with Crippen LogP contribution in [-0.2, 0) is 6.54 Å². The Morgan fingerprint density at radius 2 is 2.05 bits per heavy atom. The molecule has 5 heteroatoms. The van der Waals surface area contributed by atoms with E-state index in [2.05, 4.69) is 20.3 Å². The van der Waals surface area contributed by atoms with Crippen LogP contribution in [0.15, 0.2) is 55.2 Å². The molecule has 0 atom stereocenters. The topological polar surface area (TPSA) is 55.6 Å². The molecule has 3 rings (SSSR count). The van der Waals surface area contributed by atoms with E-state index in [1.54, 1.807) is 12.4 Å². The number of pyridine rings is 2. The summed E-state index contributed by atoms with van der Waals surface area (Å²) in [6, 6.07) is 7.95. The maximum absolute atomic E-state index is 4.44. The van der Waals surface area contributed by atoms with Gasteiger partial charge in [-0.2, -0.15) is 0 Å². The van der Waals surface area contributed by atoms with E-state index in [1.807, 2.05) is 54.3 Å². The SMILES string of the molecule is Cc1nccn1-c1ccc(NCc2cccnc2)cn1. The first-order chi connectivity index (χ1) is 9.83. The lowest BCUT2D eigenvalue weighted by Crippen LogP contribution is -2.02. The highest BCUT2D eigenvalue weighted by molar-refractivity contribution is 5.44. The average molecular weight is 265 g/mol. The van der Waals surface area contributed by atoms with Crippen LogP contribution in [0.2, 0.25) is 0 Å². The van der Waals surface area contributed by atoms with Gasteiger partial charge in [0.2, 0.25) is 0 Å². The van der Waals surface area contributed by atoms with Crippen molar-refractivity contribution in [3.05, 3.63) is 66.6 Å². The molecule has 0 radical (unpaired) electrons. The quantitative estimate of drug-likeness (QED) is 0.787. The Balaban J connectivity index is 1.69. The number of aromatic nitrogens is 4. The fraction of sp³-hybridized carbons (Fsp3) is 0.133. The third-order valence-corrected chi connectivity index (χ3v) is 3.04. The first-order valence-electron chi connectivity index (χ1n) is 6.42. The summed E-state index contributed by atoms with van der Waals surface area (Å²) < 4.78 is 1.95. The second-order valence-electron chi connectivity index (χ2n) is 4.46. The minimum absolute atomic E-state index is 0.735. The number of nitrogens with one attached hydrogen (secondary N) is 1. The molecule has 3 heterocycles. The summed E-state index contributed by atoms with van der Waals surface area (Å²) in [6.07, 6.45) is 9.12. The van der Waals surface area contributed by atoms with Crippen LogP contribution in [0.25, 0.3) is 5.82 Å². The molecular formula is C15H15N5. The summed E-state index contributed by atoms with van der Waals surface area (Å²) in [7, 11) is 0. The molecule has 0 saturated heterocycles. The van der Waals surface area contributed by atoms with Crippen molar-refractivity contribution in [2.24, 2.45) is 0 Å². The van der Waals surface area contributed by atoms with E-state index >= 15 is 0 Å². The second-order valence-corrected chi connectivity index (χ2v) is 4.46. The third-order valence-electron chi connectivity index (χ3n) is 3.04. The molecule has 20 heavy (non-hydrogen) atoms. The number of rotatable bonds is 4. The highest BCUT2D eigenvalue weighted by Crippen LogP contribution is 2.12. The normalized spacial score (nSPS) is 10.4. The maximum atomic E-state index is 4.44. The van der Waals surface area contributed by atoms with Crippen LogP contribution in [0.3, 0.4) is 0 Å². The van der Waals surface area contributed by atoms with E-state index in [4.69, 9.17) is 0 Å². The zero-order valence-electron chi connectivity index (χ0n) is 11.2. The lowest BCUT2D eigenvalue weighted by molar-refractivity contribution is 0.932. The van der Waals surface area contributed by atoms with Gasteiger partial charge in [0.15, 0.2) is 0 Å². The van der Waals surface area contributed by atoms with E-state index in [0.717, 1.165) is 29.4 Å². The molecule has 0 aliphatic carbocycles. The van der Waals surface area contributed by atoms with Crippen LogP contribution in [0, 0.1) is 6.92 Å². The number of nitrogens with zero attached hydrogens (tertiary/aromatic N) is 4. The van der Waals surface area contributed by atoms with E-state index in [-0.39, 0.29) is 0 Å². The highest BCUT2D eigenvalue weighted by atomic mass is 15.1. The Morgan fingerprint density at radius 3 is 2.70 bits per heavy atom. The van der Waals surface area contributed by atoms with Crippen molar-refractivity contribution in [3.8, 4) is 5.82 Å². The van der Waals surface area contributed by atoms with Crippen LogP contribution in [0.5, 0.6) is 0 Å². The Labute approximate surface area is 117 Å². The van der Waals surface area contributed by atoms with Crippen molar-refractivity contribution in [1.29, 1.82) is 0 Å². The lowest BCUT2D eigenvalue weighted by Gasteiger charge is -2.08. The number of aryl methyl sites for hydroxylation is 1. The molecule has 5 nitrogen and oxygen atoms in total. The molecule has 3 aromatic heterocycles. The number of hydrogen-bond acceptors (Lipinski definition) is 4. The van der Waals surface area contributed by atoms with E-state index < -0.39 is 0 Å². The van der Waals surface area contributed by atoms with Crippen molar-refractivity contribution in [2.45, 2.75) is 13.5 Å². The van der Waals surface area contributed by atoms with Crippen LogP contribution in [-0.4, -0.2) is 19.5 Å². The molecule has 1 N–H and O–H groups in total. The smallest absolute Gasteiger partial charge is 0.138 e. The molecule has 0 spiro atoms. The molecule has 3 aromatic rings. The van der Waals surface area contributed by atoms with Gasteiger partial charge in [-0.15, -0.1) is 0 Å². The highest BCUT2D eigenvalue weighted by Gasteiger charge is 2.01. The van der Waals surface area contributed by atoms with Gasteiger partial charge < -0.3 is 5.32 Å². The van der Waals surface area contributed by atoms with Gasteiger partial charge in [0, 0.05) is 31.3 Å². The van der Waals surface area contributed by atoms with E-state index in [1.165, 1.54) is 0 Å². The molecule has 0 amide bonds. The summed E-state index contributed by atoms with van der Waals surface area (Å²) in [5.41, 5.74) is 2.12. The van der Waals surface area contributed by atoms with Crippen molar-refractivity contribution in [3.63, 3.8) is 0 Å². The predicted octanol–water partition coefficient (Wildman–Crippen LogP) is 2.58. The number of imidazole rings is 1. The Kier molecular flexibility index (Phi) is 3.41. The Hall–Kier alpha value is -2.69. The Morgan fingerprint density at radius 1 is 1.10 bits per heavy atom. The van der Waals surface area contributed by atoms with Gasteiger partial charge in [0.05, 0.1) is 11.9 Å². The van der Waals surface area contributed by atoms with Crippen molar-refractivity contribution >= 4 is 5.69 Å². The maximum Gasteiger partial charge on any atom is 0.138 e. The fourth-order valence-corrected chi connectivity index (χ4v) is 1.96. The minimum Gasteiger partial charge on any atom is -0.380 e. The number of hydrogen-bond donors (Lipinski definition) is 1. The van der Waals surface area contributed by atoms with E-state index in [0.29, 0.717) is 0 Å². The summed E-state index contributed by atoms with van der Waals surface area (Å²) in [4.78, 5) is 12.7. The largest absolute Gasteiger partial charge is 0.380 e. The summed E-state index contributed by atoms with van der Waals surface area (Å²) in [6.45, 7) is 2.69. The number of anilines is 1. The molecule has 0 unspecified atom stereocenters. The standard InChI is InChI=1S/C15H15N5/c1-12-17-7-8-20(12)15-5-4-14(11-19-15)18-10-13-3-2-6-16-9-13/h2-9,11,18H,10H2,1H3. The molecule has 0 aromatic carbocycles. The fourth-order valence-electron chi connectivity index (χ4n) is 1.96. The molecule has 0 saturated carbocycles. The van der Waals surface area contributed by atoms with Crippen LogP contribution in [0.1, 0.15) is 11.4 Å². The summed E-state index contributed by atoms with van der Waals surface area (Å²) >= 11 is 0. The van der Waals surface area contributed by atoms with Gasteiger partial charge in [0.1, 0.15) is 11.6 Å². The lowest BCUT2D eigenvalue weighted by atomic mass is 10.3. The summed E-state index contributed by atoms with van der Waals surface area (Å²) in [5, 5.41) is 3.32. The second kappa shape index (κ2) is 5.52. The zero-order chi connectivity index (χ0) is 13.8. The molecule has 100 valence electrons. The van der Waals surface area contributed by atoms with E-state index in [9.17, 15) is 0 Å². The molecule has 0 aliphatic rings. The third kappa shape index (κ3) is 2.66. The minimum atomic E-state index is 0.735. The van der Waals surface area contributed by atoms with Gasteiger partial charge in [-0.1, -0.05) is 6.07 Å². The van der Waals surface area contributed by atoms with Gasteiger partial charge in [0.25, 0.3) is 0 Å². The molecule has 0 bridgehead atoms. The van der Waals surface area contributed by atoms with Crippen molar-refractivity contribution in [2.75, 3.05) is 5.32 Å². The van der Waals surface area contributed by atoms with Crippen molar-refractivity contribution in [1.82, 2.24) is 19.5 Å². The Bertz CT molecular complexity index is 673. The first-order valence-corrected chi connectivity index (χ1v) is 6.42. The van der Waals surface area contributed by atoms with Gasteiger partial charge in [-0.05, 0) is 30.7 Å². The van der Waals surface area contributed by atoms with Gasteiger partial charge in [-0.3, -0.25) is 9.55 Å². The van der Waals surface area contributed by atoms with Gasteiger partial charge >= 0.3 is 0 Å². The van der Waals surface area contributed by atoms with Crippen LogP contribution in [0.4, 0.5) is 5.69 Å². The molecule has 0 fully saturated rings. The average Bonchev–Trinajstić information content (AvgIpc) is 2.93. The van der Waals surface area contributed by atoms with Crippen LogP contribution < -0.4 is 5.32 Å². The first kappa shape index (κ1) is 12.3. The van der Waals surface area contributed by atoms with Crippen molar-refractivity contribution < 1.29 is 0 Å². The zero-order valence-corrected chi connectivity index (χ0v) is 11.2. The molecule has 0 aliphatic heterocycles. The predicted molar refractivity (Wildman–Crippen MR) is 77.7 cm³/mol. The monoisotopic (exact) mass is 265 g/mol. The van der Waals surface area contributed by atoms with Gasteiger partial charge in [-0.25, -0.2) is 9.97 Å². The molecular weight excluding hydrogens is 250 g/mol.